The number of benzene rings is 3. The van der Waals surface area contributed by atoms with Crippen molar-refractivity contribution in [1.82, 2.24) is 9.88 Å². The Morgan fingerprint density at radius 2 is 1.62 bits per heavy atom. The number of ether oxygens (including phenoxy) is 3. The Morgan fingerprint density at radius 3 is 2.27 bits per heavy atom. The molecule has 0 saturated carbocycles. The highest BCUT2D eigenvalue weighted by Gasteiger charge is 2.26. The van der Waals surface area contributed by atoms with E-state index in [1.807, 2.05) is 37.3 Å². The van der Waals surface area contributed by atoms with Crippen LogP contribution in [-0.4, -0.2) is 47.3 Å². The normalized spacial score (nSPS) is 11.1. The van der Waals surface area contributed by atoms with Gasteiger partial charge in [0.1, 0.15) is 30.4 Å². The van der Waals surface area contributed by atoms with Crippen molar-refractivity contribution in [2.24, 2.45) is 0 Å². The quantitative estimate of drug-likeness (QED) is 0.268. The van der Waals surface area contributed by atoms with Crippen molar-refractivity contribution in [2.45, 2.75) is 19.9 Å². The first-order valence-electron chi connectivity index (χ1n) is 12.4. The van der Waals surface area contributed by atoms with Crippen LogP contribution in [-0.2, 0) is 4.79 Å². The lowest BCUT2D eigenvalue weighted by Crippen LogP contribution is -2.39. The van der Waals surface area contributed by atoms with Gasteiger partial charge in [0.15, 0.2) is 0 Å². The summed E-state index contributed by atoms with van der Waals surface area (Å²) in [6.07, 6.45) is -0.784. The van der Waals surface area contributed by atoms with E-state index in [2.05, 4.69) is 16.8 Å². The van der Waals surface area contributed by atoms with E-state index in [9.17, 15) is 14.7 Å². The predicted octanol–water partition coefficient (Wildman–Crippen LogP) is 5.74. The molecule has 4 rings (SSSR count). The van der Waals surface area contributed by atoms with E-state index in [0.717, 1.165) is 10.5 Å². The second kappa shape index (κ2) is 13.0. The minimum Gasteiger partial charge on any atom is -0.497 e. The molecule has 1 aromatic heterocycles. The number of hydrogen-bond donors (Lipinski definition) is 1. The number of aromatic nitrogens is 1. The number of carboxylic acid groups (broad SMARTS) is 1. The maximum Gasteiger partial charge on any atom is 0.416 e. The molecule has 0 saturated heterocycles. The fraction of sp³-hybridized carbons (Fsp3) is 0.194. The maximum atomic E-state index is 12.8. The molecule has 1 atom stereocenters. The standard InChI is InChI=1S/C31H28N2O7/c1-21-28(40-30(32-21)24-8-5-4-6-9-24)10-7-19-38-26-13-11-23(12-14-26)22(2)33(20-29(34)35)31(36)39-27-17-15-25(37-3)16-18-27/h4-6,8-9,11-18,22H,19-20H2,1-3H3,(H,34,35). The largest absolute Gasteiger partial charge is 0.497 e. The minimum atomic E-state index is -1.16. The van der Waals surface area contributed by atoms with Crippen LogP contribution in [0.1, 0.15) is 30.0 Å². The molecule has 0 aliphatic rings. The Morgan fingerprint density at radius 1 is 0.975 bits per heavy atom. The summed E-state index contributed by atoms with van der Waals surface area (Å²) >= 11 is 0. The maximum absolute atomic E-state index is 12.8. The lowest BCUT2D eigenvalue weighted by molar-refractivity contribution is -0.138. The van der Waals surface area contributed by atoms with Crippen LogP contribution in [0.2, 0.25) is 0 Å². The van der Waals surface area contributed by atoms with Crippen LogP contribution in [0, 0.1) is 18.8 Å². The number of amides is 1. The van der Waals surface area contributed by atoms with E-state index >= 15 is 0 Å². The Kier molecular flexibility index (Phi) is 9.05. The van der Waals surface area contributed by atoms with Crippen molar-refractivity contribution < 1.29 is 33.3 Å². The third kappa shape index (κ3) is 7.20. The first kappa shape index (κ1) is 27.8. The smallest absolute Gasteiger partial charge is 0.416 e. The predicted molar refractivity (Wildman–Crippen MR) is 147 cm³/mol. The molecular weight excluding hydrogens is 512 g/mol. The molecule has 9 nitrogen and oxygen atoms in total. The van der Waals surface area contributed by atoms with Crippen molar-refractivity contribution in [3.63, 3.8) is 0 Å². The van der Waals surface area contributed by atoms with Crippen molar-refractivity contribution >= 4 is 12.1 Å². The molecule has 0 bridgehead atoms. The fourth-order valence-corrected chi connectivity index (χ4v) is 3.78. The van der Waals surface area contributed by atoms with Crippen molar-refractivity contribution in [2.75, 3.05) is 20.3 Å². The summed E-state index contributed by atoms with van der Waals surface area (Å²) in [5.74, 6) is 7.16. The molecule has 0 spiro atoms. The SMILES string of the molecule is COc1ccc(OC(=O)N(CC(=O)O)C(C)c2ccc(OCC#Cc3oc(-c4ccccc4)nc3C)cc2)cc1. The fourth-order valence-electron chi connectivity index (χ4n) is 3.78. The Labute approximate surface area is 231 Å². The summed E-state index contributed by atoms with van der Waals surface area (Å²) in [6.45, 7) is 3.15. The molecule has 1 unspecified atom stereocenters. The van der Waals surface area contributed by atoms with Crippen molar-refractivity contribution in [3.8, 4) is 40.5 Å². The van der Waals surface area contributed by atoms with E-state index < -0.39 is 24.6 Å². The molecule has 0 aliphatic heterocycles. The molecule has 0 aliphatic carbocycles. The Balaban J connectivity index is 1.37. The Bertz CT molecular complexity index is 1500. The van der Waals surface area contributed by atoms with Crippen molar-refractivity contribution in [1.29, 1.82) is 0 Å². The van der Waals surface area contributed by atoms with Gasteiger partial charge in [-0.15, -0.1) is 0 Å². The number of carboxylic acids is 1. The van der Waals surface area contributed by atoms with Gasteiger partial charge < -0.3 is 23.7 Å². The summed E-state index contributed by atoms with van der Waals surface area (Å²) in [6, 6.07) is 22.4. The first-order valence-corrected chi connectivity index (χ1v) is 12.4. The molecule has 9 heteroatoms. The van der Waals surface area contributed by atoms with E-state index in [0.29, 0.717) is 34.4 Å². The molecule has 1 heterocycles. The molecular formula is C31H28N2O7. The van der Waals surface area contributed by atoms with E-state index in [4.69, 9.17) is 18.6 Å². The average Bonchev–Trinajstić information content (AvgIpc) is 3.35. The van der Waals surface area contributed by atoms with Crippen LogP contribution >= 0.6 is 0 Å². The molecule has 0 radical (unpaired) electrons. The van der Waals surface area contributed by atoms with Gasteiger partial charge in [0.25, 0.3) is 0 Å². The molecule has 3 aromatic carbocycles. The third-order valence-corrected chi connectivity index (χ3v) is 5.96. The number of carbonyl (C=O) groups is 2. The summed E-state index contributed by atoms with van der Waals surface area (Å²) in [4.78, 5) is 29.9. The number of aryl methyl sites for hydroxylation is 1. The molecule has 1 N–H and O–H groups in total. The van der Waals surface area contributed by atoms with Gasteiger partial charge in [0, 0.05) is 5.56 Å². The number of aliphatic carboxylic acids is 1. The van der Waals surface area contributed by atoms with Crippen LogP contribution in [0.3, 0.4) is 0 Å². The highest BCUT2D eigenvalue weighted by atomic mass is 16.6. The highest BCUT2D eigenvalue weighted by Crippen LogP contribution is 2.25. The monoisotopic (exact) mass is 540 g/mol. The van der Waals surface area contributed by atoms with Crippen LogP contribution in [0.15, 0.2) is 83.3 Å². The number of hydrogen-bond acceptors (Lipinski definition) is 7. The molecule has 1 amide bonds. The van der Waals surface area contributed by atoms with Gasteiger partial charge in [-0.05, 0) is 73.9 Å². The molecule has 0 fully saturated rings. The van der Waals surface area contributed by atoms with Gasteiger partial charge >= 0.3 is 12.1 Å². The van der Waals surface area contributed by atoms with E-state index in [1.165, 1.54) is 7.11 Å². The summed E-state index contributed by atoms with van der Waals surface area (Å²) < 4.78 is 22.0. The second-order valence-electron chi connectivity index (χ2n) is 8.70. The highest BCUT2D eigenvalue weighted by molar-refractivity contribution is 5.78. The van der Waals surface area contributed by atoms with Crippen LogP contribution in [0.5, 0.6) is 17.2 Å². The third-order valence-electron chi connectivity index (χ3n) is 5.96. The lowest BCUT2D eigenvalue weighted by Gasteiger charge is -2.27. The zero-order valence-electron chi connectivity index (χ0n) is 22.3. The summed E-state index contributed by atoms with van der Waals surface area (Å²) in [5.41, 5.74) is 2.28. The first-order chi connectivity index (χ1) is 19.3. The van der Waals surface area contributed by atoms with Gasteiger partial charge in [-0.2, -0.15) is 0 Å². The van der Waals surface area contributed by atoms with Crippen LogP contribution in [0.25, 0.3) is 11.5 Å². The van der Waals surface area contributed by atoms with Gasteiger partial charge in [-0.3, -0.25) is 9.69 Å². The second-order valence-corrected chi connectivity index (χ2v) is 8.70. The number of nitrogens with zero attached hydrogens (tertiary/aromatic N) is 2. The number of carbonyl (C=O) groups excluding carboxylic acids is 1. The molecule has 4 aromatic rings. The van der Waals surface area contributed by atoms with E-state index in [-0.39, 0.29) is 12.4 Å². The molecule has 40 heavy (non-hydrogen) atoms. The van der Waals surface area contributed by atoms with Gasteiger partial charge in [0.05, 0.1) is 18.8 Å². The number of rotatable bonds is 9. The lowest BCUT2D eigenvalue weighted by atomic mass is 10.1. The van der Waals surface area contributed by atoms with Gasteiger partial charge in [-0.1, -0.05) is 36.3 Å². The zero-order chi connectivity index (χ0) is 28.5. The number of oxazole rings is 1. The minimum absolute atomic E-state index is 0.120. The average molecular weight is 541 g/mol. The van der Waals surface area contributed by atoms with Crippen LogP contribution in [0.4, 0.5) is 4.79 Å². The van der Waals surface area contributed by atoms with Gasteiger partial charge in [-0.25, -0.2) is 9.78 Å². The van der Waals surface area contributed by atoms with E-state index in [1.54, 1.807) is 55.5 Å². The molecule has 204 valence electrons. The summed E-state index contributed by atoms with van der Waals surface area (Å²) in [7, 11) is 1.53. The Hall–Kier alpha value is -5.23. The summed E-state index contributed by atoms with van der Waals surface area (Å²) in [5, 5.41) is 9.38. The zero-order valence-corrected chi connectivity index (χ0v) is 22.3. The van der Waals surface area contributed by atoms with Crippen molar-refractivity contribution in [3.05, 3.63) is 95.9 Å². The number of methoxy groups -OCH3 is 1. The topological polar surface area (TPSA) is 111 Å². The van der Waals surface area contributed by atoms with Gasteiger partial charge in [0.2, 0.25) is 11.7 Å². The van der Waals surface area contributed by atoms with Crippen LogP contribution < -0.4 is 14.2 Å².